The third-order valence-electron chi connectivity index (χ3n) is 2.71. The van der Waals surface area contributed by atoms with Crippen molar-refractivity contribution in [3.63, 3.8) is 0 Å². The third kappa shape index (κ3) is 6.89. The molecule has 0 aromatic heterocycles. The van der Waals surface area contributed by atoms with Gasteiger partial charge in [0.25, 0.3) is 0 Å². The maximum absolute atomic E-state index is 11.0. The zero-order valence-electron chi connectivity index (χ0n) is 10.5. The van der Waals surface area contributed by atoms with E-state index in [9.17, 15) is 9.59 Å². The number of Topliss-reactive ketones (excluding diaryl/α,β-unsaturated/α-hetero) is 1. The molecule has 1 saturated heterocycles. The summed E-state index contributed by atoms with van der Waals surface area (Å²) < 4.78 is 4.88. The van der Waals surface area contributed by atoms with Gasteiger partial charge < -0.3 is 4.74 Å². The molecular weight excluding hydrogens is 218 g/mol. The van der Waals surface area contributed by atoms with Gasteiger partial charge in [-0.1, -0.05) is 12.5 Å². The first-order valence-corrected chi connectivity index (χ1v) is 6.21. The monoisotopic (exact) mass is 239 g/mol. The molecule has 0 aromatic carbocycles. The molecule has 0 atom stereocenters. The zero-order valence-corrected chi connectivity index (χ0v) is 10.5. The van der Waals surface area contributed by atoms with Gasteiger partial charge in [0.2, 0.25) is 0 Å². The predicted octanol–water partition coefficient (Wildman–Crippen LogP) is 1.55. The van der Waals surface area contributed by atoms with E-state index in [4.69, 9.17) is 4.74 Å². The quantitative estimate of drug-likeness (QED) is 0.401. The maximum Gasteiger partial charge on any atom is 0.313 e. The summed E-state index contributed by atoms with van der Waals surface area (Å²) in [5.74, 6) is -0.604. The molecule has 0 radical (unpaired) electrons. The second-order valence-corrected chi connectivity index (χ2v) is 4.39. The molecule has 0 saturated carbocycles. The van der Waals surface area contributed by atoms with Gasteiger partial charge in [0.15, 0.2) is 0 Å². The van der Waals surface area contributed by atoms with E-state index in [0.717, 1.165) is 19.6 Å². The lowest BCUT2D eigenvalue weighted by atomic mass is 10.1. The molecule has 1 aliphatic rings. The van der Waals surface area contributed by atoms with Crippen LogP contribution in [0.1, 0.15) is 32.6 Å². The fourth-order valence-corrected chi connectivity index (χ4v) is 1.83. The minimum atomic E-state index is -0.444. The molecule has 1 fully saturated rings. The lowest BCUT2D eigenvalue weighted by Gasteiger charge is -2.24. The first-order valence-electron chi connectivity index (χ1n) is 6.21. The molecule has 0 bridgehead atoms. The molecule has 4 nitrogen and oxygen atoms in total. The van der Waals surface area contributed by atoms with Crippen LogP contribution in [0.4, 0.5) is 0 Å². The van der Waals surface area contributed by atoms with Gasteiger partial charge in [-0.05, 0) is 38.9 Å². The van der Waals surface area contributed by atoms with E-state index in [-0.39, 0.29) is 18.8 Å². The van der Waals surface area contributed by atoms with Crippen LogP contribution in [0.25, 0.3) is 0 Å². The van der Waals surface area contributed by atoms with E-state index in [1.54, 1.807) is 0 Å². The maximum atomic E-state index is 11.0. The number of esters is 1. The van der Waals surface area contributed by atoms with Crippen LogP contribution in [0.5, 0.6) is 0 Å². The van der Waals surface area contributed by atoms with Crippen LogP contribution in [0.2, 0.25) is 0 Å². The van der Waals surface area contributed by atoms with Crippen molar-refractivity contribution in [2.24, 2.45) is 0 Å². The number of hydrogen-bond donors (Lipinski definition) is 0. The van der Waals surface area contributed by atoms with E-state index < -0.39 is 5.97 Å². The number of carbonyl (C=O) groups is 2. The lowest BCUT2D eigenvalue weighted by molar-refractivity contribution is -0.144. The summed E-state index contributed by atoms with van der Waals surface area (Å²) in [4.78, 5) is 24.0. The Bertz CT molecular complexity index is 280. The Labute approximate surface area is 103 Å². The Morgan fingerprint density at radius 2 is 1.88 bits per heavy atom. The molecule has 0 amide bonds. The van der Waals surface area contributed by atoms with E-state index >= 15 is 0 Å². The molecule has 4 heteroatoms. The van der Waals surface area contributed by atoms with Crippen molar-refractivity contribution in [3.05, 3.63) is 12.2 Å². The van der Waals surface area contributed by atoms with Gasteiger partial charge in [-0.2, -0.15) is 0 Å². The second-order valence-electron chi connectivity index (χ2n) is 4.39. The highest BCUT2D eigenvalue weighted by molar-refractivity contribution is 5.94. The van der Waals surface area contributed by atoms with Gasteiger partial charge in [-0.15, -0.1) is 0 Å². The van der Waals surface area contributed by atoms with E-state index in [1.807, 2.05) is 12.2 Å². The minimum Gasteiger partial charge on any atom is -0.461 e. The number of ketones is 1. The number of piperidine rings is 1. The molecule has 17 heavy (non-hydrogen) atoms. The standard InChI is InChI=1S/C13H21NO3/c1-12(15)11-13(16)17-10-6-5-9-14-7-3-2-4-8-14/h5-6H,2-4,7-11H2,1H3/b6-5+. The molecule has 0 aromatic rings. The summed E-state index contributed by atoms with van der Waals surface area (Å²) in [5.41, 5.74) is 0. The summed E-state index contributed by atoms with van der Waals surface area (Å²) in [6.07, 6.45) is 7.63. The molecular formula is C13H21NO3. The fraction of sp³-hybridized carbons (Fsp3) is 0.692. The van der Waals surface area contributed by atoms with Gasteiger partial charge in [0.1, 0.15) is 18.8 Å². The Morgan fingerprint density at radius 1 is 1.18 bits per heavy atom. The van der Waals surface area contributed by atoms with Crippen LogP contribution in [0.3, 0.4) is 0 Å². The Balaban J connectivity index is 2.05. The summed E-state index contributed by atoms with van der Waals surface area (Å²) in [6.45, 7) is 4.89. The highest BCUT2D eigenvalue weighted by atomic mass is 16.5. The lowest BCUT2D eigenvalue weighted by Crippen LogP contribution is -2.29. The number of hydrogen-bond acceptors (Lipinski definition) is 4. The van der Waals surface area contributed by atoms with Crippen LogP contribution < -0.4 is 0 Å². The van der Waals surface area contributed by atoms with Crippen LogP contribution in [-0.4, -0.2) is 42.9 Å². The van der Waals surface area contributed by atoms with Crippen molar-refractivity contribution >= 4 is 11.8 Å². The van der Waals surface area contributed by atoms with Gasteiger partial charge in [-0.3, -0.25) is 14.5 Å². The average molecular weight is 239 g/mol. The number of likely N-dealkylation sites (tertiary alicyclic amines) is 1. The summed E-state index contributed by atoms with van der Waals surface area (Å²) in [7, 11) is 0. The molecule has 1 aliphatic heterocycles. The van der Waals surface area contributed by atoms with Gasteiger partial charge in [-0.25, -0.2) is 0 Å². The number of rotatable bonds is 6. The zero-order chi connectivity index (χ0) is 12.5. The smallest absolute Gasteiger partial charge is 0.313 e. The number of nitrogens with zero attached hydrogens (tertiary/aromatic N) is 1. The minimum absolute atomic E-state index is 0.125. The highest BCUT2D eigenvalue weighted by Gasteiger charge is 2.07. The highest BCUT2D eigenvalue weighted by Crippen LogP contribution is 2.07. The van der Waals surface area contributed by atoms with Crippen molar-refractivity contribution in [1.29, 1.82) is 0 Å². The van der Waals surface area contributed by atoms with Gasteiger partial charge >= 0.3 is 5.97 Å². The van der Waals surface area contributed by atoms with Crippen molar-refractivity contribution < 1.29 is 14.3 Å². The van der Waals surface area contributed by atoms with Crippen LogP contribution in [-0.2, 0) is 14.3 Å². The van der Waals surface area contributed by atoms with Crippen LogP contribution >= 0.6 is 0 Å². The van der Waals surface area contributed by atoms with Crippen LogP contribution in [0, 0.1) is 0 Å². The van der Waals surface area contributed by atoms with E-state index in [2.05, 4.69) is 4.90 Å². The average Bonchev–Trinajstić information content (AvgIpc) is 2.29. The van der Waals surface area contributed by atoms with Gasteiger partial charge in [0, 0.05) is 6.54 Å². The van der Waals surface area contributed by atoms with Crippen molar-refractivity contribution in [3.8, 4) is 0 Å². The largest absolute Gasteiger partial charge is 0.461 e. The summed E-state index contributed by atoms with van der Waals surface area (Å²) >= 11 is 0. The molecule has 96 valence electrons. The first kappa shape index (κ1) is 13.9. The molecule has 1 heterocycles. The topological polar surface area (TPSA) is 46.6 Å². The van der Waals surface area contributed by atoms with Crippen molar-refractivity contribution in [2.75, 3.05) is 26.2 Å². The molecule has 0 N–H and O–H groups in total. The number of carbonyl (C=O) groups excluding carboxylic acids is 2. The first-order chi connectivity index (χ1) is 8.18. The molecule has 1 rings (SSSR count). The molecule has 0 aliphatic carbocycles. The summed E-state index contributed by atoms with van der Waals surface area (Å²) in [6, 6.07) is 0. The Kier molecular flexibility index (Phi) is 6.55. The molecule has 0 unspecified atom stereocenters. The molecule has 0 spiro atoms. The Morgan fingerprint density at radius 3 is 2.53 bits per heavy atom. The van der Waals surface area contributed by atoms with Crippen LogP contribution in [0.15, 0.2) is 12.2 Å². The summed E-state index contributed by atoms with van der Waals surface area (Å²) in [5, 5.41) is 0. The SMILES string of the molecule is CC(=O)CC(=O)OC/C=C/CN1CCCCC1. The second kappa shape index (κ2) is 8.01. The van der Waals surface area contributed by atoms with E-state index in [1.165, 1.54) is 26.2 Å². The van der Waals surface area contributed by atoms with Gasteiger partial charge in [0.05, 0.1) is 0 Å². The fourth-order valence-electron chi connectivity index (χ4n) is 1.83. The number of ether oxygens (including phenoxy) is 1. The third-order valence-corrected chi connectivity index (χ3v) is 2.71. The van der Waals surface area contributed by atoms with E-state index in [0.29, 0.717) is 0 Å². The normalized spacial score (nSPS) is 17.2. The predicted molar refractivity (Wildman–Crippen MR) is 65.7 cm³/mol. The van der Waals surface area contributed by atoms with Crippen molar-refractivity contribution in [2.45, 2.75) is 32.6 Å². The Hall–Kier alpha value is -1.16. The van der Waals surface area contributed by atoms with Crippen molar-refractivity contribution in [1.82, 2.24) is 4.90 Å².